The van der Waals surface area contributed by atoms with Gasteiger partial charge in [0.2, 0.25) is 0 Å². The molecule has 1 unspecified atom stereocenters. The second-order valence-corrected chi connectivity index (χ2v) is 7.20. The normalized spacial score (nSPS) is 15.0. The number of benzene rings is 1. The zero-order valence-electron chi connectivity index (χ0n) is 13.7. The summed E-state index contributed by atoms with van der Waals surface area (Å²) in [6, 6.07) is 8.48. The maximum atomic E-state index is 6.16. The summed E-state index contributed by atoms with van der Waals surface area (Å²) in [5.74, 6) is 1.46. The van der Waals surface area contributed by atoms with Gasteiger partial charge in [0.15, 0.2) is 0 Å². The molecule has 0 N–H and O–H groups in total. The first-order chi connectivity index (χ1) is 9.42. The fourth-order valence-corrected chi connectivity index (χ4v) is 3.23. The van der Waals surface area contributed by atoms with Crippen LogP contribution >= 0.6 is 24.8 Å². The molecular formula is C18H25Cl2OTi. The van der Waals surface area contributed by atoms with Crippen molar-refractivity contribution in [2.24, 2.45) is 0 Å². The van der Waals surface area contributed by atoms with Crippen molar-refractivity contribution in [2.45, 2.75) is 52.1 Å². The molecule has 0 radical (unpaired) electrons. The van der Waals surface area contributed by atoms with Crippen LogP contribution in [0.5, 0.6) is 5.75 Å². The average molecular weight is 376 g/mol. The SMILES string of the molecule is CCC(C1=[C]([Ti])CC=C1)c1ccccc1OC(C)(C)C.Cl.Cl. The summed E-state index contributed by atoms with van der Waals surface area (Å²) in [6.07, 6.45) is 6.74. The van der Waals surface area contributed by atoms with Crippen molar-refractivity contribution in [1.82, 2.24) is 0 Å². The van der Waals surface area contributed by atoms with Crippen LogP contribution in [0.4, 0.5) is 0 Å². The van der Waals surface area contributed by atoms with Crippen molar-refractivity contribution >= 4 is 24.8 Å². The Bertz CT molecular complexity index is 544. The van der Waals surface area contributed by atoms with Crippen molar-refractivity contribution in [1.29, 1.82) is 0 Å². The van der Waals surface area contributed by atoms with E-state index in [4.69, 9.17) is 4.74 Å². The van der Waals surface area contributed by atoms with E-state index in [1.807, 2.05) is 0 Å². The smallest absolute Gasteiger partial charge is 0.147 e. The number of rotatable bonds is 4. The number of para-hydroxylation sites is 1. The first-order valence-electron chi connectivity index (χ1n) is 7.31. The number of ether oxygens (including phenoxy) is 1. The molecule has 0 heterocycles. The Labute approximate surface area is 158 Å². The zero-order chi connectivity index (χ0) is 14.8. The monoisotopic (exact) mass is 375 g/mol. The molecule has 0 fully saturated rings. The molecule has 0 saturated carbocycles. The number of allylic oxidation sites excluding steroid dienone is 4. The van der Waals surface area contributed by atoms with Crippen LogP contribution in [0.3, 0.4) is 0 Å². The molecule has 1 nitrogen and oxygen atoms in total. The molecule has 0 amide bonds. The third-order valence-corrected chi connectivity index (χ3v) is 4.23. The molecule has 1 aliphatic rings. The molecule has 0 aliphatic heterocycles. The van der Waals surface area contributed by atoms with Gasteiger partial charge in [-0.25, -0.2) is 0 Å². The van der Waals surface area contributed by atoms with Crippen LogP contribution in [0.1, 0.15) is 52.0 Å². The van der Waals surface area contributed by atoms with Crippen LogP contribution < -0.4 is 4.74 Å². The van der Waals surface area contributed by atoms with E-state index in [1.165, 1.54) is 15.0 Å². The molecule has 1 aliphatic carbocycles. The minimum atomic E-state index is -0.163. The van der Waals surface area contributed by atoms with Crippen LogP contribution in [-0.4, -0.2) is 5.60 Å². The summed E-state index contributed by atoms with van der Waals surface area (Å²) in [6.45, 7) is 8.56. The Morgan fingerprint density at radius 3 is 2.32 bits per heavy atom. The number of hydrogen-bond donors (Lipinski definition) is 0. The molecule has 1 aromatic carbocycles. The predicted molar refractivity (Wildman–Crippen MR) is 95.1 cm³/mol. The van der Waals surface area contributed by atoms with Crippen LogP contribution in [0.2, 0.25) is 0 Å². The van der Waals surface area contributed by atoms with Crippen molar-refractivity contribution in [3.05, 3.63) is 51.4 Å². The van der Waals surface area contributed by atoms with Gasteiger partial charge in [-0.15, -0.1) is 24.8 Å². The predicted octanol–water partition coefficient (Wildman–Crippen LogP) is 5.96. The quantitative estimate of drug-likeness (QED) is 0.589. The van der Waals surface area contributed by atoms with Gasteiger partial charge in [-0.2, -0.15) is 0 Å². The van der Waals surface area contributed by atoms with E-state index in [0.717, 1.165) is 18.6 Å². The molecular weight excluding hydrogens is 351 g/mol. The largest absolute Gasteiger partial charge is 0.147 e. The molecule has 4 heteroatoms. The summed E-state index contributed by atoms with van der Waals surface area (Å²) < 4.78 is 7.65. The number of halogens is 2. The van der Waals surface area contributed by atoms with E-state index in [0.29, 0.717) is 5.92 Å². The van der Waals surface area contributed by atoms with Crippen LogP contribution in [-0.2, 0) is 20.4 Å². The van der Waals surface area contributed by atoms with E-state index < -0.39 is 0 Å². The summed E-state index contributed by atoms with van der Waals surface area (Å²) in [5.41, 5.74) is 2.62. The van der Waals surface area contributed by atoms with Crippen molar-refractivity contribution in [3.63, 3.8) is 0 Å². The first kappa shape index (κ1) is 21.8. The van der Waals surface area contributed by atoms with Gasteiger partial charge in [-0.3, -0.25) is 0 Å². The Kier molecular flexibility index (Phi) is 9.09. The van der Waals surface area contributed by atoms with Gasteiger partial charge in [-0.1, -0.05) is 0 Å². The third kappa shape index (κ3) is 5.46. The summed E-state index contributed by atoms with van der Waals surface area (Å²) in [5, 5.41) is 0. The van der Waals surface area contributed by atoms with Crippen molar-refractivity contribution in [2.75, 3.05) is 0 Å². The Morgan fingerprint density at radius 2 is 1.82 bits per heavy atom. The second-order valence-electron chi connectivity index (χ2n) is 6.25. The third-order valence-electron chi connectivity index (χ3n) is 3.46. The molecule has 1 aromatic rings. The maximum Gasteiger partial charge on any atom is -0.147 e. The van der Waals surface area contributed by atoms with E-state index in [9.17, 15) is 0 Å². The van der Waals surface area contributed by atoms with Crippen molar-refractivity contribution < 1.29 is 25.2 Å². The molecule has 121 valence electrons. The molecule has 0 saturated heterocycles. The van der Waals surface area contributed by atoms with Gasteiger partial charge in [0.05, 0.1) is 0 Å². The van der Waals surface area contributed by atoms with Gasteiger partial charge in [-0.05, 0) is 0 Å². The Morgan fingerprint density at radius 1 is 1.18 bits per heavy atom. The van der Waals surface area contributed by atoms with Crippen LogP contribution in [0.15, 0.2) is 45.9 Å². The minimum Gasteiger partial charge on any atom is -0.147 e. The number of hydrogen-bond acceptors (Lipinski definition) is 1. The van der Waals surface area contributed by atoms with E-state index in [2.05, 4.69) is 84.5 Å². The van der Waals surface area contributed by atoms with Gasteiger partial charge in [0, 0.05) is 0 Å². The van der Waals surface area contributed by atoms with Gasteiger partial charge in [0.25, 0.3) is 0 Å². The van der Waals surface area contributed by atoms with Gasteiger partial charge in [0.1, 0.15) is 0 Å². The molecule has 22 heavy (non-hydrogen) atoms. The molecule has 0 bridgehead atoms. The van der Waals surface area contributed by atoms with Crippen LogP contribution in [0.25, 0.3) is 0 Å². The first-order valence-corrected chi connectivity index (χ1v) is 8.09. The summed E-state index contributed by atoms with van der Waals surface area (Å²) >= 11 is 2.24. The van der Waals surface area contributed by atoms with Crippen molar-refractivity contribution in [3.8, 4) is 5.75 Å². The molecule has 2 rings (SSSR count). The fourth-order valence-electron chi connectivity index (χ4n) is 2.65. The topological polar surface area (TPSA) is 9.23 Å². The van der Waals surface area contributed by atoms with Crippen LogP contribution in [0, 0.1) is 0 Å². The van der Waals surface area contributed by atoms with Gasteiger partial charge < -0.3 is 0 Å². The minimum absolute atomic E-state index is 0. The van der Waals surface area contributed by atoms with E-state index in [-0.39, 0.29) is 30.4 Å². The molecule has 0 spiro atoms. The molecule has 1 atom stereocenters. The average Bonchev–Trinajstić information content (AvgIpc) is 2.77. The standard InChI is InChI=1S/C18H23O.2ClH.Ti/c1-5-15(14-10-6-7-11-14)16-12-8-9-13-17(16)19-18(2,3)4;;;/h6,8-10,12-13,15H,5,7H2,1-4H3;2*1H;. The van der Waals surface area contributed by atoms with E-state index >= 15 is 0 Å². The summed E-state index contributed by atoms with van der Waals surface area (Å²) in [4.78, 5) is 0. The zero-order valence-corrected chi connectivity index (χ0v) is 16.9. The maximum absolute atomic E-state index is 6.16. The van der Waals surface area contributed by atoms with E-state index in [1.54, 1.807) is 0 Å². The Hall–Kier alpha value is -0.206. The van der Waals surface area contributed by atoms with Gasteiger partial charge >= 0.3 is 134 Å². The Balaban J connectivity index is 0.00000220. The second kappa shape index (κ2) is 9.18. The molecule has 0 aromatic heterocycles. The summed E-state index contributed by atoms with van der Waals surface area (Å²) in [7, 11) is 0. The fraction of sp³-hybridized carbons (Fsp3) is 0.444.